The molecular formula is C20H29BrO. The Labute approximate surface area is 145 Å². The zero-order valence-electron chi connectivity index (χ0n) is 13.9. The topological polar surface area (TPSA) is 9.23 Å². The number of hydrogen-bond acceptors (Lipinski definition) is 1. The van der Waals surface area contributed by atoms with Crippen LogP contribution in [0.15, 0.2) is 24.3 Å². The summed E-state index contributed by atoms with van der Waals surface area (Å²) in [5.41, 5.74) is 1.00. The van der Waals surface area contributed by atoms with Crippen molar-refractivity contribution in [2.45, 2.75) is 71.1 Å². The van der Waals surface area contributed by atoms with Gasteiger partial charge in [-0.1, -0.05) is 70.6 Å². The molecule has 1 rings (SSSR count). The average Bonchev–Trinajstić information content (AvgIpc) is 2.54. The molecule has 0 N–H and O–H groups in total. The number of benzene rings is 1. The van der Waals surface area contributed by atoms with Gasteiger partial charge >= 0.3 is 0 Å². The van der Waals surface area contributed by atoms with Gasteiger partial charge in [0.15, 0.2) is 0 Å². The minimum absolute atomic E-state index is 0.819. The molecule has 0 aliphatic heterocycles. The average molecular weight is 365 g/mol. The highest BCUT2D eigenvalue weighted by Gasteiger charge is 1.95. The van der Waals surface area contributed by atoms with Crippen LogP contribution in [-0.4, -0.2) is 6.61 Å². The van der Waals surface area contributed by atoms with Gasteiger partial charge in [0.2, 0.25) is 0 Å². The maximum atomic E-state index is 5.75. The molecular weight excluding hydrogens is 336 g/mol. The van der Waals surface area contributed by atoms with Gasteiger partial charge in [-0.15, -0.1) is 0 Å². The fraction of sp³-hybridized carbons (Fsp3) is 0.600. The first-order valence-corrected chi connectivity index (χ1v) is 9.50. The first-order chi connectivity index (χ1) is 10.9. The van der Waals surface area contributed by atoms with E-state index < -0.39 is 0 Å². The summed E-state index contributed by atoms with van der Waals surface area (Å²) >= 11 is 3.10. The van der Waals surface area contributed by atoms with Gasteiger partial charge in [-0.25, -0.2) is 0 Å². The summed E-state index contributed by atoms with van der Waals surface area (Å²) in [6.07, 6.45) is 13.6. The van der Waals surface area contributed by atoms with Crippen molar-refractivity contribution in [3.05, 3.63) is 29.8 Å². The third-order valence-corrected chi connectivity index (χ3v) is 4.01. The Bertz CT molecular complexity index is 427. The quantitative estimate of drug-likeness (QED) is 0.296. The van der Waals surface area contributed by atoms with Crippen LogP contribution in [0.5, 0.6) is 5.75 Å². The van der Waals surface area contributed by atoms with Crippen LogP contribution in [0.25, 0.3) is 0 Å². The smallest absolute Gasteiger partial charge is 0.119 e. The van der Waals surface area contributed by atoms with E-state index in [-0.39, 0.29) is 0 Å². The molecule has 0 bridgehead atoms. The van der Waals surface area contributed by atoms with Gasteiger partial charge in [0.1, 0.15) is 5.75 Å². The van der Waals surface area contributed by atoms with E-state index in [9.17, 15) is 0 Å². The molecule has 1 aromatic rings. The minimum atomic E-state index is 0.819. The maximum absolute atomic E-state index is 5.75. The molecule has 22 heavy (non-hydrogen) atoms. The zero-order valence-corrected chi connectivity index (χ0v) is 15.5. The summed E-state index contributed by atoms with van der Waals surface area (Å²) in [6.45, 7) is 3.09. The summed E-state index contributed by atoms with van der Waals surface area (Å²) in [5.74, 6) is 3.90. The van der Waals surface area contributed by atoms with E-state index in [0.717, 1.165) is 24.3 Å². The summed E-state index contributed by atoms with van der Waals surface area (Å²) in [7, 11) is 0. The van der Waals surface area contributed by atoms with Gasteiger partial charge in [-0.05, 0) is 35.5 Å². The van der Waals surface area contributed by atoms with Crippen molar-refractivity contribution in [3.8, 4) is 16.5 Å². The van der Waals surface area contributed by atoms with E-state index in [0.29, 0.717) is 0 Å². The first-order valence-electron chi connectivity index (χ1n) is 8.71. The summed E-state index contributed by atoms with van der Waals surface area (Å²) < 4.78 is 5.75. The van der Waals surface area contributed by atoms with Crippen LogP contribution in [-0.2, 0) is 0 Å². The first kappa shape index (κ1) is 19.1. The molecule has 0 aliphatic carbocycles. The SMILES string of the molecule is CCCCCCCCCCCCOc1ccc(C#CBr)cc1. The fourth-order valence-corrected chi connectivity index (χ4v) is 2.70. The monoisotopic (exact) mass is 364 g/mol. The Morgan fingerprint density at radius 3 is 1.91 bits per heavy atom. The van der Waals surface area contributed by atoms with Crippen LogP contribution < -0.4 is 4.74 Å². The highest BCUT2D eigenvalue weighted by Crippen LogP contribution is 2.13. The van der Waals surface area contributed by atoms with Crippen LogP contribution in [0.1, 0.15) is 76.7 Å². The lowest BCUT2D eigenvalue weighted by atomic mass is 10.1. The Balaban J connectivity index is 1.93. The molecule has 0 heterocycles. The number of unbranched alkanes of at least 4 members (excludes halogenated alkanes) is 9. The molecule has 1 nitrogen and oxygen atoms in total. The van der Waals surface area contributed by atoms with Gasteiger partial charge in [0.25, 0.3) is 0 Å². The number of hydrogen-bond donors (Lipinski definition) is 0. The highest BCUT2D eigenvalue weighted by molar-refractivity contribution is 9.12. The van der Waals surface area contributed by atoms with Crippen LogP contribution >= 0.6 is 15.9 Å². The molecule has 1 aromatic carbocycles. The van der Waals surface area contributed by atoms with E-state index in [4.69, 9.17) is 4.74 Å². The second-order valence-electron chi connectivity index (χ2n) is 5.77. The molecule has 0 saturated carbocycles. The molecule has 2 heteroatoms. The normalized spacial score (nSPS) is 10.1. The number of rotatable bonds is 12. The zero-order chi connectivity index (χ0) is 15.9. The van der Waals surface area contributed by atoms with Crippen molar-refractivity contribution in [1.82, 2.24) is 0 Å². The van der Waals surface area contributed by atoms with Crippen molar-refractivity contribution < 1.29 is 4.74 Å². The summed E-state index contributed by atoms with van der Waals surface area (Å²) in [4.78, 5) is 2.72. The third-order valence-electron chi connectivity index (χ3n) is 3.81. The van der Waals surface area contributed by atoms with Crippen LogP contribution in [0.4, 0.5) is 0 Å². The van der Waals surface area contributed by atoms with E-state index in [2.05, 4.69) is 33.6 Å². The van der Waals surface area contributed by atoms with Gasteiger partial charge in [0, 0.05) is 21.5 Å². The van der Waals surface area contributed by atoms with E-state index in [1.54, 1.807) is 0 Å². The minimum Gasteiger partial charge on any atom is -0.494 e. The molecule has 0 saturated heterocycles. The van der Waals surface area contributed by atoms with Gasteiger partial charge in [-0.3, -0.25) is 0 Å². The Morgan fingerprint density at radius 1 is 0.818 bits per heavy atom. The Kier molecular flexibility index (Phi) is 11.9. The lowest BCUT2D eigenvalue weighted by Crippen LogP contribution is -1.97. The van der Waals surface area contributed by atoms with Crippen molar-refractivity contribution in [1.29, 1.82) is 0 Å². The third kappa shape index (κ3) is 9.90. The molecule has 0 atom stereocenters. The predicted octanol–water partition coefficient (Wildman–Crippen LogP) is 6.69. The molecule has 0 fully saturated rings. The number of halogens is 1. The fourth-order valence-electron chi connectivity index (χ4n) is 2.47. The van der Waals surface area contributed by atoms with Crippen molar-refractivity contribution in [2.24, 2.45) is 0 Å². The largest absolute Gasteiger partial charge is 0.494 e. The van der Waals surface area contributed by atoms with Crippen molar-refractivity contribution in [3.63, 3.8) is 0 Å². The lowest BCUT2D eigenvalue weighted by Gasteiger charge is -2.06. The molecule has 0 unspecified atom stereocenters. The van der Waals surface area contributed by atoms with Crippen LogP contribution in [0.3, 0.4) is 0 Å². The Morgan fingerprint density at radius 2 is 1.36 bits per heavy atom. The Hall–Kier alpha value is -0.940. The molecule has 0 amide bonds. The maximum Gasteiger partial charge on any atom is 0.119 e. The summed E-state index contributed by atoms with van der Waals surface area (Å²) in [6, 6.07) is 7.95. The highest BCUT2D eigenvalue weighted by atomic mass is 79.9. The molecule has 0 aromatic heterocycles. The van der Waals surface area contributed by atoms with Crippen molar-refractivity contribution >= 4 is 15.9 Å². The molecule has 0 radical (unpaired) electrons. The van der Waals surface area contributed by atoms with Gasteiger partial charge in [-0.2, -0.15) is 0 Å². The van der Waals surface area contributed by atoms with Crippen LogP contribution in [0.2, 0.25) is 0 Å². The molecule has 0 spiro atoms. The van der Waals surface area contributed by atoms with E-state index in [1.807, 2.05) is 24.3 Å². The van der Waals surface area contributed by atoms with E-state index >= 15 is 0 Å². The molecule has 122 valence electrons. The van der Waals surface area contributed by atoms with Gasteiger partial charge in [0.05, 0.1) is 6.61 Å². The van der Waals surface area contributed by atoms with Gasteiger partial charge < -0.3 is 4.74 Å². The second kappa shape index (κ2) is 13.7. The second-order valence-corrected chi connectivity index (χ2v) is 6.17. The summed E-state index contributed by atoms with van der Waals surface area (Å²) in [5, 5.41) is 0. The van der Waals surface area contributed by atoms with Crippen LogP contribution in [0, 0.1) is 10.8 Å². The molecule has 0 aliphatic rings. The van der Waals surface area contributed by atoms with Crippen molar-refractivity contribution in [2.75, 3.05) is 6.61 Å². The lowest BCUT2D eigenvalue weighted by molar-refractivity contribution is 0.304. The predicted molar refractivity (Wildman–Crippen MR) is 99.6 cm³/mol. The number of ether oxygens (including phenoxy) is 1. The standard InChI is InChI=1S/C20H29BrO/c1-2-3-4-5-6-7-8-9-10-11-18-22-20-14-12-19(13-15-20)16-17-21/h12-15H,2-11,18H2,1H3. The van der Waals surface area contributed by atoms with E-state index in [1.165, 1.54) is 57.8 Å².